The van der Waals surface area contributed by atoms with Gasteiger partial charge in [-0.2, -0.15) is 0 Å². The SMILES string of the molecule is Cc1nc2c(C(O)Nc3ccc(N4CCC(N(C)C)C4)cc3)sc(-c3ccccc3)c2[nH]1. The fourth-order valence-corrected chi connectivity index (χ4v) is 5.55. The molecular formula is C25H29N5OS. The first-order chi connectivity index (χ1) is 15.5. The van der Waals surface area contributed by atoms with Crippen LogP contribution >= 0.6 is 11.3 Å². The summed E-state index contributed by atoms with van der Waals surface area (Å²) >= 11 is 1.58. The molecule has 5 rings (SSSR count). The van der Waals surface area contributed by atoms with Crippen LogP contribution in [0.3, 0.4) is 0 Å². The zero-order valence-corrected chi connectivity index (χ0v) is 19.5. The molecule has 1 aliphatic rings. The number of anilines is 2. The molecule has 2 atom stereocenters. The molecule has 1 fully saturated rings. The normalized spacial score (nSPS) is 17.4. The van der Waals surface area contributed by atoms with Crippen LogP contribution in [0.15, 0.2) is 54.6 Å². The summed E-state index contributed by atoms with van der Waals surface area (Å²) in [6.45, 7) is 4.07. The van der Waals surface area contributed by atoms with Gasteiger partial charge in [0.2, 0.25) is 0 Å². The number of rotatable bonds is 6. The number of aliphatic hydroxyl groups excluding tert-OH is 1. The number of benzene rings is 2. The summed E-state index contributed by atoms with van der Waals surface area (Å²) < 4.78 is 0. The number of aromatic amines is 1. The van der Waals surface area contributed by atoms with Crippen molar-refractivity contribution in [1.82, 2.24) is 14.9 Å². The van der Waals surface area contributed by atoms with E-state index in [1.807, 2.05) is 37.3 Å². The van der Waals surface area contributed by atoms with Crippen LogP contribution in [0, 0.1) is 6.92 Å². The molecule has 166 valence electrons. The maximum atomic E-state index is 11.0. The number of aliphatic hydroxyl groups is 1. The Hall–Kier alpha value is -2.87. The summed E-state index contributed by atoms with van der Waals surface area (Å²) in [5, 5.41) is 14.3. The molecule has 32 heavy (non-hydrogen) atoms. The van der Waals surface area contributed by atoms with Crippen LogP contribution in [0.5, 0.6) is 0 Å². The molecule has 0 aliphatic carbocycles. The maximum absolute atomic E-state index is 11.0. The average Bonchev–Trinajstić information content (AvgIpc) is 3.50. The van der Waals surface area contributed by atoms with Gasteiger partial charge in [-0.05, 0) is 57.3 Å². The molecule has 4 aromatic rings. The van der Waals surface area contributed by atoms with Gasteiger partial charge in [0.05, 0.1) is 15.3 Å². The molecule has 2 aromatic heterocycles. The lowest BCUT2D eigenvalue weighted by molar-refractivity contribution is 0.213. The van der Waals surface area contributed by atoms with E-state index >= 15 is 0 Å². The van der Waals surface area contributed by atoms with E-state index in [9.17, 15) is 5.11 Å². The third-order valence-electron chi connectivity index (χ3n) is 6.21. The van der Waals surface area contributed by atoms with Crippen molar-refractivity contribution in [2.45, 2.75) is 25.6 Å². The van der Waals surface area contributed by atoms with Crippen molar-refractivity contribution in [2.24, 2.45) is 0 Å². The number of H-pyrrole nitrogens is 1. The van der Waals surface area contributed by atoms with Crippen LogP contribution in [0.1, 0.15) is 23.4 Å². The molecule has 0 amide bonds. The quantitative estimate of drug-likeness (QED) is 0.369. The van der Waals surface area contributed by atoms with Crippen molar-refractivity contribution in [1.29, 1.82) is 0 Å². The summed E-state index contributed by atoms with van der Waals surface area (Å²) in [6, 6.07) is 19.2. The van der Waals surface area contributed by atoms with E-state index < -0.39 is 6.23 Å². The first-order valence-corrected chi connectivity index (χ1v) is 11.8. The lowest BCUT2D eigenvalue weighted by Gasteiger charge is -2.22. The molecule has 3 N–H and O–H groups in total. The van der Waals surface area contributed by atoms with Crippen molar-refractivity contribution < 1.29 is 5.11 Å². The number of likely N-dealkylation sites (N-methyl/N-ethyl adjacent to an activating group) is 1. The molecule has 2 unspecified atom stereocenters. The lowest BCUT2D eigenvalue weighted by Crippen LogP contribution is -2.31. The van der Waals surface area contributed by atoms with E-state index in [0.29, 0.717) is 6.04 Å². The molecule has 1 saturated heterocycles. The van der Waals surface area contributed by atoms with Gasteiger partial charge in [-0.3, -0.25) is 0 Å². The Labute approximate surface area is 192 Å². The van der Waals surface area contributed by atoms with Gasteiger partial charge in [-0.25, -0.2) is 4.98 Å². The summed E-state index contributed by atoms with van der Waals surface area (Å²) in [4.78, 5) is 14.7. The number of imidazole rings is 1. The van der Waals surface area contributed by atoms with Gasteiger partial charge in [0.1, 0.15) is 11.3 Å². The lowest BCUT2D eigenvalue weighted by atomic mass is 10.2. The summed E-state index contributed by atoms with van der Waals surface area (Å²) in [5.41, 5.74) is 5.04. The first kappa shape index (κ1) is 21.0. The fourth-order valence-electron chi connectivity index (χ4n) is 4.41. The third kappa shape index (κ3) is 3.99. The number of fused-ring (bicyclic) bond motifs is 1. The summed E-state index contributed by atoms with van der Waals surface area (Å²) in [6.07, 6.45) is 0.353. The van der Waals surface area contributed by atoms with Crippen LogP contribution in [0.4, 0.5) is 11.4 Å². The Kier molecular flexibility index (Phi) is 5.63. The van der Waals surface area contributed by atoms with Crippen LogP contribution in [0.2, 0.25) is 0 Å². The second kappa shape index (κ2) is 8.58. The van der Waals surface area contributed by atoms with Gasteiger partial charge in [0.15, 0.2) is 6.23 Å². The fraction of sp³-hybridized carbons (Fsp3) is 0.320. The van der Waals surface area contributed by atoms with Crippen LogP contribution < -0.4 is 10.2 Å². The molecule has 2 aromatic carbocycles. The molecule has 0 spiro atoms. The van der Waals surface area contributed by atoms with E-state index in [1.54, 1.807) is 11.3 Å². The number of aromatic nitrogens is 2. The van der Waals surface area contributed by atoms with Crippen molar-refractivity contribution in [3.8, 4) is 10.4 Å². The van der Waals surface area contributed by atoms with Gasteiger partial charge in [0.25, 0.3) is 0 Å². The molecule has 0 saturated carbocycles. The van der Waals surface area contributed by atoms with E-state index in [1.165, 1.54) is 12.1 Å². The van der Waals surface area contributed by atoms with E-state index in [-0.39, 0.29) is 0 Å². The Morgan fingerprint density at radius 3 is 2.59 bits per heavy atom. The molecule has 0 bridgehead atoms. The van der Waals surface area contributed by atoms with Crippen LogP contribution in [-0.4, -0.2) is 53.2 Å². The highest BCUT2D eigenvalue weighted by atomic mass is 32.1. The predicted octanol–water partition coefficient (Wildman–Crippen LogP) is 4.84. The number of nitrogens with zero attached hydrogens (tertiary/aromatic N) is 3. The smallest absolute Gasteiger partial charge is 0.162 e. The largest absolute Gasteiger partial charge is 0.370 e. The molecule has 6 nitrogen and oxygen atoms in total. The molecule has 3 heterocycles. The summed E-state index contributed by atoms with van der Waals surface area (Å²) in [7, 11) is 4.29. The minimum atomic E-state index is -0.835. The van der Waals surface area contributed by atoms with Gasteiger partial charge in [-0.1, -0.05) is 30.3 Å². The number of hydrogen-bond donors (Lipinski definition) is 3. The number of hydrogen-bond acceptors (Lipinski definition) is 6. The predicted molar refractivity (Wildman–Crippen MR) is 133 cm³/mol. The highest BCUT2D eigenvalue weighted by Gasteiger charge is 2.24. The Morgan fingerprint density at radius 2 is 1.91 bits per heavy atom. The topological polar surface area (TPSA) is 67.4 Å². The Morgan fingerprint density at radius 1 is 1.16 bits per heavy atom. The van der Waals surface area contributed by atoms with E-state index in [0.717, 1.165) is 51.0 Å². The number of nitrogens with one attached hydrogen (secondary N) is 2. The third-order valence-corrected chi connectivity index (χ3v) is 7.49. The van der Waals surface area contributed by atoms with Crippen molar-refractivity contribution >= 4 is 33.7 Å². The summed E-state index contributed by atoms with van der Waals surface area (Å²) in [5.74, 6) is 0.847. The number of thiophene rings is 1. The van der Waals surface area contributed by atoms with Crippen molar-refractivity contribution in [3.63, 3.8) is 0 Å². The zero-order chi connectivity index (χ0) is 22.2. The highest BCUT2D eigenvalue weighted by Crippen LogP contribution is 2.40. The van der Waals surface area contributed by atoms with Crippen LogP contribution in [0.25, 0.3) is 21.5 Å². The van der Waals surface area contributed by atoms with Gasteiger partial charge >= 0.3 is 0 Å². The highest BCUT2D eigenvalue weighted by molar-refractivity contribution is 7.17. The maximum Gasteiger partial charge on any atom is 0.162 e. The average molecular weight is 448 g/mol. The monoisotopic (exact) mass is 447 g/mol. The molecule has 1 aliphatic heterocycles. The van der Waals surface area contributed by atoms with E-state index in [2.05, 4.69) is 63.4 Å². The second-order valence-electron chi connectivity index (χ2n) is 8.65. The van der Waals surface area contributed by atoms with Crippen molar-refractivity contribution in [2.75, 3.05) is 37.4 Å². The first-order valence-electron chi connectivity index (χ1n) is 11.0. The van der Waals surface area contributed by atoms with Gasteiger partial charge in [0, 0.05) is 30.5 Å². The Balaban J connectivity index is 1.36. The molecular weight excluding hydrogens is 418 g/mol. The Bertz CT molecular complexity index is 1200. The zero-order valence-electron chi connectivity index (χ0n) is 18.7. The minimum absolute atomic E-state index is 0.604. The van der Waals surface area contributed by atoms with Gasteiger partial charge < -0.3 is 25.2 Å². The van der Waals surface area contributed by atoms with Crippen molar-refractivity contribution in [3.05, 3.63) is 65.3 Å². The number of aryl methyl sites for hydroxylation is 1. The van der Waals surface area contributed by atoms with Gasteiger partial charge in [-0.15, -0.1) is 11.3 Å². The van der Waals surface area contributed by atoms with Crippen LogP contribution in [-0.2, 0) is 0 Å². The molecule has 7 heteroatoms. The molecule has 0 radical (unpaired) electrons. The second-order valence-corrected chi connectivity index (χ2v) is 9.71. The minimum Gasteiger partial charge on any atom is -0.370 e. The standard InChI is InChI=1S/C25H29N5OS/c1-16-26-21-22(27-16)24(32-23(21)17-7-5-4-6-8-17)25(31)28-18-9-11-19(12-10-18)30-14-13-20(15-30)29(2)3/h4-12,20,25,28,31H,13-15H2,1-3H3,(H,26,27). The van der Waals surface area contributed by atoms with E-state index in [4.69, 9.17) is 0 Å².